The van der Waals surface area contributed by atoms with Crippen LogP contribution in [0.4, 0.5) is 0 Å². The minimum absolute atomic E-state index is 0.0781. The van der Waals surface area contributed by atoms with Crippen molar-refractivity contribution in [2.24, 2.45) is 11.3 Å². The number of aromatic amines is 1. The van der Waals surface area contributed by atoms with Gasteiger partial charge in [0.05, 0.1) is 12.8 Å². The first-order valence-corrected chi connectivity index (χ1v) is 11.2. The lowest BCUT2D eigenvalue weighted by Gasteiger charge is -2.38. The van der Waals surface area contributed by atoms with E-state index in [1.807, 2.05) is 30.3 Å². The summed E-state index contributed by atoms with van der Waals surface area (Å²) in [4.78, 5) is 15.4. The number of hydrogen-bond donors (Lipinski definition) is 2. The van der Waals surface area contributed by atoms with Crippen molar-refractivity contribution in [3.8, 4) is 17.0 Å². The highest BCUT2D eigenvalue weighted by Gasteiger charge is 2.47. The van der Waals surface area contributed by atoms with Crippen molar-refractivity contribution in [2.45, 2.75) is 52.0 Å². The summed E-state index contributed by atoms with van der Waals surface area (Å²) in [7, 11) is 1.64. The maximum Gasteiger partial charge on any atom is 0.269 e. The van der Waals surface area contributed by atoms with E-state index in [0.717, 1.165) is 30.1 Å². The summed E-state index contributed by atoms with van der Waals surface area (Å²) >= 11 is 0. The van der Waals surface area contributed by atoms with Gasteiger partial charge in [-0.2, -0.15) is 5.10 Å². The minimum atomic E-state index is -0.0781. The van der Waals surface area contributed by atoms with Crippen molar-refractivity contribution in [1.29, 1.82) is 0 Å². The van der Waals surface area contributed by atoms with Crippen molar-refractivity contribution < 1.29 is 9.53 Å². The highest BCUT2D eigenvalue weighted by atomic mass is 16.5. The molecule has 2 aliphatic rings. The molecule has 6 nitrogen and oxygen atoms in total. The second-order valence-electron chi connectivity index (χ2n) is 9.25. The number of H-pyrrole nitrogens is 1. The second-order valence-corrected chi connectivity index (χ2v) is 9.25. The van der Waals surface area contributed by atoms with Crippen molar-refractivity contribution in [1.82, 2.24) is 20.4 Å². The fourth-order valence-corrected chi connectivity index (χ4v) is 5.25. The molecule has 0 radical (unpaired) electrons. The van der Waals surface area contributed by atoms with Crippen molar-refractivity contribution >= 4 is 5.91 Å². The number of amides is 1. The highest BCUT2D eigenvalue weighted by Crippen LogP contribution is 2.47. The summed E-state index contributed by atoms with van der Waals surface area (Å²) in [6.45, 7) is 7.55. The highest BCUT2D eigenvalue weighted by molar-refractivity contribution is 5.93. The van der Waals surface area contributed by atoms with Gasteiger partial charge < -0.3 is 15.0 Å². The zero-order valence-corrected chi connectivity index (χ0v) is 18.4. The van der Waals surface area contributed by atoms with E-state index in [9.17, 15) is 4.79 Å². The Kier molecular flexibility index (Phi) is 6.14. The van der Waals surface area contributed by atoms with Crippen molar-refractivity contribution in [2.75, 3.05) is 26.7 Å². The zero-order valence-electron chi connectivity index (χ0n) is 18.4. The number of nitrogens with one attached hydrogen (secondary N) is 2. The van der Waals surface area contributed by atoms with E-state index in [2.05, 4.69) is 34.3 Å². The van der Waals surface area contributed by atoms with Crippen LogP contribution < -0.4 is 10.1 Å². The summed E-state index contributed by atoms with van der Waals surface area (Å²) in [5.41, 5.74) is 2.54. The predicted molar refractivity (Wildman–Crippen MR) is 119 cm³/mol. The Balaban J connectivity index is 1.42. The van der Waals surface area contributed by atoms with E-state index in [1.54, 1.807) is 7.11 Å². The van der Waals surface area contributed by atoms with E-state index < -0.39 is 0 Å². The maximum atomic E-state index is 12.8. The van der Waals surface area contributed by atoms with Crippen LogP contribution in [0.3, 0.4) is 0 Å². The van der Waals surface area contributed by atoms with Crippen LogP contribution in [0.2, 0.25) is 0 Å². The van der Waals surface area contributed by atoms with Gasteiger partial charge in [0.1, 0.15) is 11.4 Å². The first-order valence-electron chi connectivity index (χ1n) is 11.2. The van der Waals surface area contributed by atoms with Crippen molar-refractivity contribution in [3.63, 3.8) is 0 Å². The molecule has 30 heavy (non-hydrogen) atoms. The monoisotopic (exact) mass is 410 g/mol. The number of carbonyl (C=O) groups is 1. The van der Waals surface area contributed by atoms with Crippen LogP contribution in [0.5, 0.6) is 5.75 Å². The van der Waals surface area contributed by atoms with Crippen LogP contribution >= 0.6 is 0 Å². The minimum Gasteiger partial charge on any atom is -0.497 e. The van der Waals surface area contributed by atoms with E-state index in [1.165, 1.54) is 38.6 Å². The van der Waals surface area contributed by atoms with Gasteiger partial charge in [0.25, 0.3) is 5.91 Å². The smallest absolute Gasteiger partial charge is 0.269 e. The summed E-state index contributed by atoms with van der Waals surface area (Å²) in [6, 6.07) is 10.1. The third-order valence-corrected chi connectivity index (χ3v) is 7.12. The van der Waals surface area contributed by atoms with Gasteiger partial charge in [-0.1, -0.05) is 31.4 Å². The molecule has 1 aromatic carbocycles. The molecule has 1 amide bonds. The predicted octanol–water partition coefficient (Wildman–Crippen LogP) is 4.11. The lowest BCUT2D eigenvalue weighted by Crippen LogP contribution is -2.40. The van der Waals surface area contributed by atoms with E-state index in [-0.39, 0.29) is 5.91 Å². The van der Waals surface area contributed by atoms with Gasteiger partial charge in [0.2, 0.25) is 0 Å². The van der Waals surface area contributed by atoms with Crippen LogP contribution in [0.15, 0.2) is 30.3 Å². The quantitative estimate of drug-likeness (QED) is 0.752. The molecule has 1 unspecified atom stereocenters. The maximum absolute atomic E-state index is 12.8. The first kappa shape index (κ1) is 20.9. The average Bonchev–Trinajstić information content (AvgIpc) is 3.39. The molecule has 1 atom stereocenters. The Bertz CT molecular complexity index is 870. The molecule has 1 aliphatic carbocycles. The van der Waals surface area contributed by atoms with Crippen LogP contribution in [0.25, 0.3) is 11.3 Å². The number of benzene rings is 1. The number of rotatable bonds is 6. The Labute approximate surface area is 179 Å². The van der Waals surface area contributed by atoms with Gasteiger partial charge in [-0.25, -0.2) is 0 Å². The molecule has 162 valence electrons. The zero-order chi connectivity index (χ0) is 21.1. The molecule has 1 spiro atoms. The molecule has 1 saturated carbocycles. The Hall–Kier alpha value is -2.34. The molecule has 0 bridgehead atoms. The molecule has 1 aromatic heterocycles. The van der Waals surface area contributed by atoms with Gasteiger partial charge in [-0.15, -0.1) is 0 Å². The number of ether oxygens (including phenoxy) is 1. The molecule has 4 rings (SSSR count). The molecule has 1 saturated heterocycles. The Morgan fingerprint density at radius 2 is 2.10 bits per heavy atom. The van der Waals surface area contributed by atoms with Crippen LogP contribution in [0.1, 0.15) is 56.4 Å². The van der Waals surface area contributed by atoms with Gasteiger partial charge in [-0.3, -0.25) is 9.89 Å². The first-order chi connectivity index (χ1) is 14.5. The van der Waals surface area contributed by atoms with Crippen molar-refractivity contribution in [3.05, 3.63) is 36.0 Å². The van der Waals surface area contributed by atoms with Crippen LogP contribution in [-0.4, -0.2) is 53.8 Å². The molecule has 2 fully saturated rings. The molecule has 2 aromatic rings. The number of nitrogens with zero attached hydrogens (tertiary/aromatic N) is 2. The van der Waals surface area contributed by atoms with E-state index in [4.69, 9.17) is 4.74 Å². The number of methoxy groups -OCH3 is 1. The molecule has 6 heteroatoms. The largest absolute Gasteiger partial charge is 0.497 e. The third-order valence-electron chi connectivity index (χ3n) is 7.12. The second kappa shape index (κ2) is 8.80. The van der Waals surface area contributed by atoms with E-state index in [0.29, 0.717) is 23.1 Å². The molecular weight excluding hydrogens is 376 g/mol. The molecule has 2 N–H and O–H groups in total. The molecule has 2 heterocycles. The third kappa shape index (κ3) is 4.24. The number of aromatic nitrogens is 2. The van der Waals surface area contributed by atoms with Crippen LogP contribution in [-0.2, 0) is 0 Å². The summed E-state index contributed by atoms with van der Waals surface area (Å²) in [5.74, 6) is 1.21. The lowest BCUT2D eigenvalue weighted by atomic mass is 9.67. The van der Waals surface area contributed by atoms with Crippen LogP contribution in [0, 0.1) is 11.3 Å². The topological polar surface area (TPSA) is 70.2 Å². The SMILES string of the molecule is COc1cccc(-c2cc(C(=O)NCC3CN(C(C)C)CC34CCCCC4)[nH]n2)c1. The normalized spacial score (nSPS) is 21.3. The fraction of sp³-hybridized carbons (Fsp3) is 0.583. The average molecular weight is 411 g/mol. The fourth-order valence-electron chi connectivity index (χ4n) is 5.25. The standard InChI is InChI=1S/C24H34N4O2/c1-17(2)28-15-19(24(16-28)10-5-4-6-11-24)14-25-23(29)22-13-21(26-27-22)18-8-7-9-20(12-18)30-3/h7-9,12-13,17,19H,4-6,10-11,14-16H2,1-3H3,(H,25,29)(H,26,27). The molecule has 1 aliphatic heterocycles. The Morgan fingerprint density at radius 3 is 2.83 bits per heavy atom. The van der Waals surface area contributed by atoms with Gasteiger partial charge in [0, 0.05) is 31.2 Å². The van der Waals surface area contributed by atoms with Gasteiger partial charge in [0.15, 0.2) is 0 Å². The number of likely N-dealkylation sites (tertiary alicyclic amines) is 1. The summed E-state index contributed by atoms with van der Waals surface area (Å²) in [5, 5.41) is 10.4. The molecular formula is C24H34N4O2. The lowest BCUT2D eigenvalue weighted by molar-refractivity contribution is 0.0910. The summed E-state index contributed by atoms with van der Waals surface area (Å²) in [6.07, 6.45) is 6.58. The van der Waals surface area contributed by atoms with E-state index >= 15 is 0 Å². The number of hydrogen-bond acceptors (Lipinski definition) is 4. The Morgan fingerprint density at radius 1 is 1.30 bits per heavy atom. The van der Waals surface area contributed by atoms with Gasteiger partial charge >= 0.3 is 0 Å². The summed E-state index contributed by atoms with van der Waals surface area (Å²) < 4.78 is 5.28. The van der Waals surface area contributed by atoms with Gasteiger partial charge in [-0.05, 0) is 56.2 Å². The number of carbonyl (C=O) groups excluding carboxylic acids is 1.